The summed E-state index contributed by atoms with van der Waals surface area (Å²) in [5.74, 6) is -1.13. The van der Waals surface area contributed by atoms with Gasteiger partial charge >= 0.3 is 11.9 Å². The van der Waals surface area contributed by atoms with Gasteiger partial charge in [0.1, 0.15) is 12.8 Å². The minimum absolute atomic E-state index is 0.110. The van der Waals surface area contributed by atoms with Gasteiger partial charge in [-0.2, -0.15) is 0 Å². The summed E-state index contributed by atoms with van der Waals surface area (Å²) in [6.45, 7) is 5.52. The molecule has 0 aromatic rings. The molecule has 1 aliphatic carbocycles. The van der Waals surface area contributed by atoms with E-state index in [9.17, 15) is 9.59 Å². The molecule has 0 heterocycles. The van der Waals surface area contributed by atoms with Gasteiger partial charge in [-0.15, -0.1) is 10.2 Å². The summed E-state index contributed by atoms with van der Waals surface area (Å²) < 4.78 is 9.58. The molecule has 20 heavy (non-hydrogen) atoms. The second kappa shape index (κ2) is 8.47. The first kappa shape index (κ1) is 15.4. The molecular weight excluding hydrogens is 260 g/mol. The van der Waals surface area contributed by atoms with Crippen LogP contribution in [0, 0.1) is 6.42 Å². The average Bonchev–Trinajstić information content (AvgIpc) is 2.45. The molecule has 0 saturated carbocycles. The zero-order valence-electron chi connectivity index (χ0n) is 11.1. The molecule has 0 saturated heterocycles. The molecule has 0 spiro atoms. The fourth-order valence-corrected chi connectivity index (χ4v) is 1.26. The lowest BCUT2D eigenvalue weighted by Crippen LogP contribution is -2.16. The number of allylic oxidation sites excluding steroid dienone is 3. The van der Waals surface area contributed by atoms with Crippen molar-refractivity contribution in [1.82, 2.24) is 0 Å². The first-order valence-electron chi connectivity index (χ1n) is 5.97. The summed E-state index contributed by atoms with van der Waals surface area (Å²) >= 11 is 0. The van der Waals surface area contributed by atoms with Gasteiger partial charge in [0.25, 0.3) is 0 Å². The first-order valence-corrected chi connectivity index (χ1v) is 5.97. The van der Waals surface area contributed by atoms with Gasteiger partial charge in [-0.25, -0.2) is 9.59 Å². The van der Waals surface area contributed by atoms with Crippen LogP contribution in [-0.4, -0.2) is 37.1 Å². The van der Waals surface area contributed by atoms with Gasteiger partial charge < -0.3 is 9.47 Å². The molecule has 1 aliphatic rings. The maximum Gasteiger partial charge on any atom is 0.398 e. The number of ether oxygens (including phenoxy) is 2. The predicted octanol–water partition coefficient (Wildman–Crippen LogP) is 1.41. The molecule has 0 aromatic carbocycles. The fourth-order valence-electron chi connectivity index (χ4n) is 1.26. The Morgan fingerprint density at radius 2 is 2.25 bits per heavy atom. The monoisotopic (exact) mass is 275 g/mol. The Balaban J connectivity index is 2.75. The van der Waals surface area contributed by atoms with E-state index in [2.05, 4.69) is 21.5 Å². The van der Waals surface area contributed by atoms with E-state index in [4.69, 9.17) is 4.74 Å². The summed E-state index contributed by atoms with van der Waals surface area (Å²) in [5.41, 5.74) is 0.567. The third kappa shape index (κ3) is 4.93. The lowest BCUT2D eigenvalue weighted by Gasteiger charge is -2.02. The molecule has 0 unspecified atom stereocenters. The third-order valence-electron chi connectivity index (χ3n) is 2.07. The van der Waals surface area contributed by atoms with E-state index in [0.29, 0.717) is 5.71 Å². The zero-order chi connectivity index (χ0) is 14.8. The van der Waals surface area contributed by atoms with E-state index in [0.717, 1.165) is 6.21 Å². The summed E-state index contributed by atoms with van der Waals surface area (Å²) in [6.07, 6.45) is 8.94. The highest BCUT2D eigenvalue weighted by Crippen LogP contribution is 2.11. The van der Waals surface area contributed by atoms with Crippen LogP contribution in [0.3, 0.4) is 0 Å². The standard InChI is InChI=1S/C14H15N2O4/c1-3-9-20-14(18)11-7-5-6-8-12(11)16-15-10-13(17)19-4-2/h3,5-8,10H,1,4,9H2,2H3/q+1/b15-10+,16-12+. The maximum atomic E-state index is 11.8. The quantitative estimate of drug-likeness (QED) is 0.241. The van der Waals surface area contributed by atoms with Gasteiger partial charge in [0, 0.05) is 6.42 Å². The first-order chi connectivity index (χ1) is 9.69. The van der Waals surface area contributed by atoms with Gasteiger partial charge in [0.15, 0.2) is 5.57 Å². The molecule has 0 radical (unpaired) electrons. The van der Waals surface area contributed by atoms with Crippen LogP contribution < -0.4 is 0 Å². The van der Waals surface area contributed by atoms with E-state index < -0.39 is 11.9 Å². The number of rotatable bonds is 6. The number of carbonyl (C=O) groups is 2. The Morgan fingerprint density at radius 1 is 1.45 bits per heavy atom. The highest BCUT2D eigenvalue weighted by molar-refractivity contribution is 6.26. The van der Waals surface area contributed by atoms with Crippen LogP contribution >= 0.6 is 0 Å². The normalized spacial score (nSPS) is 15.7. The third-order valence-corrected chi connectivity index (χ3v) is 2.07. The van der Waals surface area contributed by atoms with Crippen molar-refractivity contribution in [3.63, 3.8) is 0 Å². The van der Waals surface area contributed by atoms with Crippen LogP contribution in [0.4, 0.5) is 0 Å². The molecule has 0 bridgehead atoms. The van der Waals surface area contributed by atoms with Crippen LogP contribution in [0.25, 0.3) is 0 Å². The Hall–Kier alpha value is -2.63. The van der Waals surface area contributed by atoms with Crippen molar-refractivity contribution in [2.45, 2.75) is 6.92 Å². The lowest BCUT2D eigenvalue weighted by atomic mass is 10.0. The van der Waals surface area contributed by atoms with Gasteiger partial charge in [-0.05, 0) is 6.92 Å². The van der Waals surface area contributed by atoms with Crippen molar-refractivity contribution in [3.05, 3.63) is 42.9 Å². The van der Waals surface area contributed by atoms with Gasteiger partial charge in [-0.1, -0.05) is 12.7 Å². The molecule has 6 nitrogen and oxygen atoms in total. The van der Waals surface area contributed by atoms with E-state index in [-0.39, 0.29) is 18.8 Å². The van der Waals surface area contributed by atoms with Gasteiger partial charge in [0.2, 0.25) is 5.71 Å². The van der Waals surface area contributed by atoms with Crippen molar-refractivity contribution >= 4 is 23.9 Å². The Morgan fingerprint density at radius 3 is 2.95 bits per heavy atom. The SMILES string of the molecule is C=CCOC(=O)C1=C[CH+]C=C/C1=N\N=C\C(=O)OCC. The van der Waals surface area contributed by atoms with Crippen molar-refractivity contribution in [2.24, 2.45) is 10.2 Å². The molecule has 0 atom stereocenters. The smallest absolute Gasteiger partial charge is 0.398 e. The minimum Gasteiger partial charge on any atom is -0.462 e. The molecule has 0 aromatic heterocycles. The average molecular weight is 275 g/mol. The molecular formula is C14H15N2O4+. The number of carbonyl (C=O) groups excluding carboxylic acids is 2. The number of hydrogen-bond acceptors (Lipinski definition) is 6. The molecule has 6 heteroatoms. The van der Waals surface area contributed by atoms with Crippen LogP contribution in [0.1, 0.15) is 6.92 Å². The van der Waals surface area contributed by atoms with Crippen molar-refractivity contribution < 1.29 is 19.1 Å². The largest absolute Gasteiger partial charge is 0.462 e. The van der Waals surface area contributed by atoms with Crippen LogP contribution in [0.15, 0.2) is 46.7 Å². The highest BCUT2D eigenvalue weighted by atomic mass is 16.5. The molecule has 0 N–H and O–H groups in total. The predicted molar refractivity (Wildman–Crippen MR) is 75.2 cm³/mol. The molecule has 1 rings (SSSR count). The summed E-state index contributed by atoms with van der Waals surface area (Å²) in [6, 6.07) is 0. The van der Waals surface area contributed by atoms with Crippen molar-refractivity contribution in [3.8, 4) is 0 Å². The Kier molecular flexibility index (Phi) is 6.53. The molecule has 0 amide bonds. The van der Waals surface area contributed by atoms with E-state index in [1.54, 1.807) is 31.6 Å². The summed E-state index contributed by atoms with van der Waals surface area (Å²) in [7, 11) is 0. The molecule has 0 aliphatic heterocycles. The van der Waals surface area contributed by atoms with Crippen molar-refractivity contribution in [2.75, 3.05) is 13.2 Å². The second-order valence-corrected chi connectivity index (χ2v) is 3.50. The van der Waals surface area contributed by atoms with E-state index in [1.807, 2.05) is 0 Å². The number of nitrogens with zero attached hydrogens (tertiary/aromatic N) is 2. The van der Waals surface area contributed by atoms with Crippen LogP contribution in [0.2, 0.25) is 0 Å². The van der Waals surface area contributed by atoms with E-state index >= 15 is 0 Å². The lowest BCUT2D eigenvalue weighted by molar-refractivity contribution is -0.137. The Labute approximate surface area is 117 Å². The van der Waals surface area contributed by atoms with E-state index in [1.165, 1.54) is 6.08 Å². The number of hydrogen-bond donors (Lipinski definition) is 0. The van der Waals surface area contributed by atoms with Crippen molar-refractivity contribution in [1.29, 1.82) is 0 Å². The number of esters is 2. The highest BCUT2D eigenvalue weighted by Gasteiger charge is 2.25. The summed E-state index contributed by atoms with van der Waals surface area (Å²) in [5, 5.41) is 7.38. The van der Waals surface area contributed by atoms with Gasteiger partial charge in [0.05, 0.1) is 24.8 Å². The summed E-state index contributed by atoms with van der Waals surface area (Å²) in [4.78, 5) is 22.8. The second-order valence-electron chi connectivity index (χ2n) is 3.50. The molecule has 0 fully saturated rings. The fraction of sp³-hybridized carbons (Fsp3) is 0.214. The van der Waals surface area contributed by atoms with Crippen LogP contribution in [-0.2, 0) is 19.1 Å². The zero-order valence-corrected chi connectivity index (χ0v) is 11.1. The molecule has 104 valence electrons. The van der Waals surface area contributed by atoms with Gasteiger partial charge in [-0.3, -0.25) is 0 Å². The maximum absolute atomic E-state index is 11.8. The topological polar surface area (TPSA) is 77.3 Å². The van der Waals surface area contributed by atoms with Crippen LogP contribution in [0.5, 0.6) is 0 Å². The Bertz CT molecular complexity index is 501. The minimum atomic E-state index is -0.594.